The van der Waals surface area contributed by atoms with Gasteiger partial charge in [-0.05, 0) is 38.0 Å². The Morgan fingerprint density at radius 1 is 1.26 bits per heavy atom. The average Bonchev–Trinajstić information content (AvgIpc) is 3.29. The fraction of sp³-hybridized carbons (Fsp3) is 0.429. The zero-order chi connectivity index (χ0) is 21.8. The molecule has 0 spiro atoms. The minimum Gasteiger partial charge on any atom is -0.486 e. The monoisotopic (exact) mass is 447 g/mol. The van der Waals surface area contributed by atoms with Crippen molar-refractivity contribution in [3.63, 3.8) is 0 Å². The van der Waals surface area contributed by atoms with Gasteiger partial charge in [0.15, 0.2) is 11.5 Å². The molecule has 2 aliphatic heterocycles. The number of nitrogens with one attached hydrogen (secondary N) is 1. The van der Waals surface area contributed by atoms with E-state index >= 15 is 0 Å². The van der Waals surface area contributed by atoms with Gasteiger partial charge >= 0.3 is 0 Å². The Morgan fingerprint density at radius 2 is 2.06 bits per heavy atom. The van der Waals surface area contributed by atoms with E-state index in [0.717, 1.165) is 5.56 Å². The van der Waals surface area contributed by atoms with Gasteiger partial charge in [-0.25, -0.2) is 13.4 Å². The van der Waals surface area contributed by atoms with E-state index < -0.39 is 16.1 Å². The van der Waals surface area contributed by atoms with Crippen molar-refractivity contribution >= 4 is 15.9 Å². The molecule has 2 aliphatic rings. The molecule has 1 atom stereocenters. The van der Waals surface area contributed by atoms with Crippen LogP contribution in [0.5, 0.6) is 17.4 Å². The molecule has 166 valence electrons. The Hall–Kier alpha value is -2.85. The second-order valence-corrected chi connectivity index (χ2v) is 9.09. The summed E-state index contributed by atoms with van der Waals surface area (Å²) in [6.45, 7) is 3.60. The smallest absolute Gasteiger partial charge is 0.243 e. The van der Waals surface area contributed by atoms with Crippen molar-refractivity contribution in [1.29, 1.82) is 0 Å². The Balaban J connectivity index is 1.49. The van der Waals surface area contributed by atoms with E-state index in [1.54, 1.807) is 18.3 Å². The van der Waals surface area contributed by atoms with E-state index in [2.05, 4.69) is 10.3 Å². The van der Waals surface area contributed by atoms with E-state index in [0.29, 0.717) is 50.0 Å². The number of aromatic nitrogens is 1. The minimum atomic E-state index is -3.87. The highest BCUT2D eigenvalue weighted by Crippen LogP contribution is 2.34. The van der Waals surface area contributed by atoms with Crippen molar-refractivity contribution < 1.29 is 27.4 Å². The summed E-state index contributed by atoms with van der Waals surface area (Å²) in [5.74, 6) is 1.03. The Labute approximate surface area is 181 Å². The molecule has 1 fully saturated rings. The van der Waals surface area contributed by atoms with E-state index in [1.807, 2.05) is 13.0 Å². The van der Waals surface area contributed by atoms with Gasteiger partial charge in [0.05, 0.1) is 11.5 Å². The van der Waals surface area contributed by atoms with Gasteiger partial charge in [-0.3, -0.25) is 4.79 Å². The van der Waals surface area contributed by atoms with Crippen LogP contribution in [0.15, 0.2) is 41.4 Å². The lowest BCUT2D eigenvalue weighted by atomic mass is 10.2. The number of nitrogens with zero attached hydrogens (tertiary/aromatic N) is 2. The number of carbonyl (C=O) groups excluding carboxylic acids is 1. The molecule has 1 aromatic carbocycles. The van der Waals surface area contributed by atoms with E-state index in [4.69, 9.17) is 14.2 Å². The number of benzene rings is 1. The number of carbonyl (C=O) groups is 1. The molecule has 9 nitrogen and oxygen atoms in total. The number of hydrogen-bond donors (Lipinski definition) is 1. The fourth-order valence-electron chi connectivity index (χ4n) is 3.73. The molecule has 4 rings (SSSR count). The summed E-state index contributed by atoms with van der Waals surface area (Å²) in [4.78, 5) is 17.1. The van der Waals surface area contributed by atoms with E-state index in [1.165, 1.54) is 16.4 Å². The Morgan fingerprint density at radius 3 is 2.87 bits per heavy atom. The molecule has 0 radical (unpaired) electrons. The van der Waals surface area contributed by atoms with Crippen LogP contribution in [0.25, 0.3) is 0 Å². The molecule has 0 aliphatic carbocycles. The largest absolute Gasteiger partial charge is 0.486 e. The number of hydrogen-bond acceptors (Lipinski definition) is 7. The maximum Gasteiger partial charge on any atom is 0.243 e. The van der Waals surface area contributed by atoms with E-state index in [-0.39, 0.29) is 23.9 Å². The van der Waals surface area contributed by atoms with Crippen LogP contribution >= 0.6 is 0 Å². The number of fused-ring (bicyclic) bond motifs is 1. The van der Waals surface area contributed by atoms with Gasteiger partial charge in [-0.1, -0.05) is 6.07 Å². The van der Waals surface area contributed by atoms with Crippen molar-refractivity contribution in [2.24, 2.45) is 0 Å². The first-order valence-corrected chi connectivity index (χ1v) is 11.7. The third kappa shape index (κ3) is 4.45. The van der Waals surface area contributed by atoms with Crippen LogP contribution in [0, 0.1) is 0 Å². The van der Waals surface area contributed by atoms with Crippen LogP contribution in [0.2, 0.25) is 0 Å². The molecule has 31 heavy (non-hydrogen) atoms. The number of sulfonamides is 1. The normalized spacial score (nSPS) is 18.5. The van der Waals surface area contributed by atoms with Gasteiger partial charge < -0.3 is 19.5 Å². The summed E-state index contributed by atoms with van der Waals surface area (Å²) < 4.78 is 44.3. The lowest BCUT2D eigenvalue weighted by Gasteiger charge is -2.25. The highest BCUT2D eigenvalue weighted by atomic mass is 32.2. The summed E-state index contributed by atoms with van der Waals surface area (Å²) in [5.41, 5.74) is 0.733. The van der Waals surface area contributed by atoms with Crippen LogP contribution in [-0.4, -0.2) is 56.0 Å². The zero-order valence-corrected chi connectivity index (χ0v) is 18.1. The number of ether oxygens (including phenoxy) is 3. The predicted octanol–water partition coefficient (Wildman–Crippen LogP) is 1.72. The SMILES string of the molecule is CCOc1ncccc1CNC(=O)C1CCCN1S(=O)(=O)c1ccc2c(c1)OCCO2. The van der Waals surface area contributed by atoms with Gasteiger partial charge in [0.25, 0.3) is 0 Å². The Kier molecular flexibility index (Phi) is 6.28. The highest BCUT2D eigenvalue weighted by molar-refractivity contribution is 7.89. The highest BCUT2D eigenvalue weighted by Gasteiger charge is 2.39. The van der Waals surface area contributed by atoms with Crippen molar-refractivity contribution in [1.82, 2.24) is 14.6 Å². The van der Waals surface area contributed by atoms with Crippen LogP contribution in [-0.2, 0) is 21.4 Å². The van der Waals surface area contributed by atoms with Gasteiger partial charge in [-0.2, -0.15) is 4.31 Å². The summed E-state index contributed by atoms with van der Waals surface area (Å²) in [5, 5.41) is 2.83. The van der Waals surface area contributed by atoms with E-state index in [9.17, 15) is 13.2 Å². The van der Waals surface area contributed by atoms with Crippen molar-refractivity contribution in [2.45, 2.75) is 37.2 Å². The zero-order valence-electron chi connectivity index (χ0n) is 17.2. The van der Waals surface area contributed by atoms with Crippen LogP contribution < -0.4 is 19.5 Å². The topological polar surface area (TPSA) is 107 Å². The third-order valence-corrected chi connectivity index (χ3v) is 7.11. The first kappa shape index (κ1) is 21.4. The molecule has 3 heterocycles. The third-order valence-electron chi connectivity index (χ3n) is 5.21. The molecule has 1 amide bonds. The standard InChI is InChI=1S/C21H25N3O6S/c1-2-28-21-15(5-3-9-22-21)14-23-20(25)17-6-4-10-24(17)31(26,27)16-7-8-18-19(13-16)30-12-11-29-18/h3,5,7-9,13,17H,2,4,6,10-12,14H2,1H3,(H,23,25). The maximum atomic E-state index is 13.3. The molecular weight excluding hydrogens is 422 g/mol. The number of pyridine rings is 1. The van der Waals surface area contributed by atoms with Crippen molar-refractivity contribution in [3.8, 4) is 17.4 Å². The predicted molar refractivity (Wildman–Crippen MR) is 112 cm³/mol. The molecule has 1 aromatic heterocycles. The summed E-state index contributed by atoms with van der Waals surface area (Å²) in [6.07, 6.45) is 2.69. The van der Waals surface area contributed by atoms with Gasteiger partial charge in [0.2, 0.25) is 21.8 Å². The molecule has 1 saturated heterocycles. The molecule has 0 bridgehead atoms. The van der Waals surface area contributed by atoms with Gasteiger partial charge in [-0.15, -0.1) is 0 Å². The quantitative estimate of drug-likeness (QED) is 0.689. The van der Waals surface area contributed by atoms with Gasteiger partial charge in [0, 0.05) is 30.9 Å². The summed E-state index contributed by atoms with van der Waals surface area (Å²) in [7, 11) is -3.87. The fourth-order valence-corrected chi connectivity index (χ4v) is 5.41. The van der Waals surface area contributed by atoms with Crippen molar-refractivity contribution in [3.05, 3.63) is 42.1 Å². The lowest BCUT2D eigenvalue weighted by molar-refractivity contribution is -0.124. The molecule has 10 heteroatoms. The van der Waals surface area contributed by atoms with Gasteiger partial charge in [0.1, 0.15) is 19.3 Å². The minimum absolute atomic E-state index is 0.0855. The summed E-state index contributed by atoms with van der Waals surface area (Å²) in [6, 6.07) is 7.34. The summed E-state index contributed by atoms with van der Waals surface area (Å²) >= 11 is 0. The molecule has 2 aromatic rings. The second-order valence-electron chi connectivity index (χ2n) is 7.20. The van der Waals surface area contributed by atoms with Crippen LogP contribution in [0.1, 0.15) is 25.3 Å². The lowest BCUT2D eigenvalue weighted by Crippen LogP contribution is -2.45. The number of rotatable bonds is 7. The van der Waals surface area contributed by atoms with Crippen molar-refractivity contribution in [2.75, 3.05) is 26.4 Å². The molecule has 1 N–H and O–H groups in total. The second kappa shape index (κ2) is 9.11. The molecule has 1 unspecified atom stereocenters. The van der Waals surface area contributed by atoms with Crippen LogP contribution in [0.4, 0.5) is 0 Å². The average molecular weight is 448 g/mol. The van der Waals surface area contributed by atoms with Crippen LogP contribution in [0.3, 0.4) is 0 Å². The molecule has 0 saturated carbocycles. The first-order valence-electron chi connectivity index (χ1n) is 10.3. The molecular formula is C21H25N3O6S. The maximum absolute atomic E-state index is 13.3. The Bertz CT molecular complexity index is 1060. The first-order chi connectivity index (χ1) is 15.0. The number of amides is 1.